The molecule has 17 nitrogen and oxygen atoms in total. The standard InChI is InChI=1S/C53H63Cl2N9O8S/c1-32-49(73-31-59-32)34-14-12-33(13-15-34)28-58-51(68)42-22-36(65)30-64(42)52(69)50(53(2,3)4)61-46(66)10-7-8-11-47(67)63-19-17-62(18-20-63)16-9-21-72-45-25-40-37(23-44(45)71-6)48(35(27-56)29-57-40)60-41-26-43(70-5)39(55)24-38(41)54/h12-15,23-26,29,31,36,42,50,65H,7-11,16-22,28,30H2,1-6H3,(H,57,60)(H,58,68)(H,61,66)/t36?,42?,50-/m1/s1. The van der Waals surface area contributed by atoms with E-state index in [1.165, 1.54) is 18.2 Å². The summed E-state index contributed by atoms with van der Waals surface area (Å²) in [5, 5.41) is 31.0. The number of anilines is 2. The van der Waals surface area contributed by atoms with Crippen LogP contribution in [0.4, 0.5) is 11.4 Å². The van der Waals surface area contributed by atoms with Crippen molar-refractivity contribution in [2.75, 3.05) is 65.4 Å². The molecule has 4 N–H and O–H groups in total. The SMILES string of the molecule is COc1cc(Nc2c(C#N)cnc3cc(OCCCN4CCN(C(=O)CCCCC(=O)N[C@H](C(=O)N5CC(O)CC5C(=O)NCc5ccc(-c6scnc6C)cc5)C(C)(C)C)CC4)c(OC)cc23)c(Cl)cc1Cl. The van der Waals surface area contributed by atoms with Crippen molar-refractivity contribution in [2.24, 2.45) is 5.41 Å². The molecule has 2 saturated heterocycles. The molecule has 2 aliphatic rings. The van der Waals surface area contributed by atoms with Crippen LogP contribution in [0.25, 0.3) is 21.3 Å². The van der Waals surface area contributed by atoms with E-state index in [1.54, 1.807) is 42.7 Å². The second-order valence-electron chi connectivity index (χ2n) is 19.3. The monoisotopic (exact) mass is 1060 g/mol. The van der Waals surface area contributed by atoms with Crippen LogP contribution in [0.15, 0.2) is 60.2 Å². The molecular weight excluding hydrogens is 994 g/mol. The summed E-state index contributed by atoms with van der Waals surface area (Å²) in [4.78, 5) is 69.6. The van der Waals surface area contributed by atoms with Crippen molar-refractivity contribution < 1.29 is 38.5 Å². The average molecular weight is 1060 g/mol. The molecule has 5 aromatic rings. The number of hydrogen-bond donors (Lipinski definition) is 4. The van der Waals surface area contributed by atoms with E-state index >= 15 is 0 Å². The smallest absolute Gasteiger partial charge is 0.246 e. The van der Waals surface area contributed by atoms with E-state index in [0.29, 0.717) is 94.1 Å². The van der Waals surface area contributed by atoms with E-state index in [0.717, 1.165) is 47.8 Å². The fourth-order valence-electron chi connectivity index (χ4n) is 9.03. The van der Waals surface area contributed by atoms with Gasteiger partial charge in [0.15, 0.2) is 11.5 Å². The van der Waals surface area contributed by atoms with Crippen LogP contribution in [0.5, 0.6) is 17.2 Å². The predicted octanol–water partition coefficient (Wildman–Crippen LogP) is 7.89. The number of benzene rings is 3. The Morgan fingerprint density at radius 3 is 2.33 bits per heavy atom. The molecule has 0 bridgehead atoms. The normalized spacial score (nSPS) is 16.4. The first kappa shape index (κ1) is 54.5. The van der Waals surface area contributed by atoms with Crippen LogP contribution in [-0.2, 0) is 25.7 Å². The Hall–Kier alpha value is -6.23. The number of carbonyl (C=O) groups excluding carboxylic acids is 4. The molecule has 0 spiro atoms. The molecule has 0 aliphatic carbocycles. The molecule has 3 aromatic carbocycles. The van der Waals surface area contributed by atoms with Gasteiger partial charge >= 0.3 is 0 Å². The highest BCUT2D eigenvalue weighted by Crippen LogP contribution is 2.41. The van der Waals surface area contributed by atoms with Gasteiger partial charge in [-0.2, -0.15) is 5.26 Å². The molecule has 73 heavy (non-hydrogen) atoms. The second-order valence-corrected chi connectivity index (χ2v) is 21.0. The number of methoxy groups -OCH3 is 2. The molecule has 20 heteroatoms. The summed E-state index contributed by atoms with van der Waals surface area (Å²) in [5.41, 5.74) is 5.88. The molecule has 3 atom stereocenters. The first-order valence-electron chi connectivity index (χ1n) is 24.4. The van der Waals surface area contributed by atoms with Gasteiger partial charge in [-0.05, 0) is 54.9 Å². The highest BCUT2D eigenvalue weighted by Gasteiger charge is 2.44. The number of nitriles is 1. The summed E-state index contributed by atoms with van der Waals surface area (Å²) in [5.74, 6) is 0.335. The first-order valence-corrected chi connectivity index (χ1v) is 26.0. The maximum Gasteiger partial charge on any atom is 0.246 e. The third-order valence-corrected chi connectivity index (χ3v) is 14.7. The van der Waals surface area contributed by atoms with Crippen molar-refractivity contribution in [3.8, 4) is 33.8 Å². The summed E-state index contributed by atoms with van der Waals surface area (Å²) < 4.78 is 17.3. The second kappa shape index (κ2) is 24.7. The van der Waals surface area contributed by atoms with Gasteiger partial charge in [-0.3, -0.25) is 29.1 Å². The Kier molecular flexibility index (Phi) is 18.4. The number of piperazine rings is 1. The number of aryl methyl sites for hydroxylation is 1. The van der Waals surface area contributed by atoms with E-state index in [2.05, 4.69) is 36.9 Å². The minimum atomic E-state index is -0.934. The van der Waals surface area contributed by atoms with Crippen molar-refractivity contribution in [3.63, 3.8) is 0 Å². The predicted molar refractivity (Wildman–Crippen MR) is 283 cm³/mol. The van der Waals surface area contributed by atoms with Crippen LogP contribution in [0.2, 0.25) is 10.0 Å². The van der Waals surface area contributed by atoms with Crippen molar-refractivity contribution in [3.05, 3.63) is 87.1 Å². The lowest BCUT2D eigenvalue weighted by Gasteiger charge is -2.35. The van der Waals surface area contributed by atoms with Gasteiger partial charge in [0.2, 0.25) is 23.6 Å². The van der Waals surface area contributed by atoms with Gasteiger partial charge in [0, 0.05) is 88.8 Å². The van der Waals surface area contributed by atoms with Gasteiger partial charge in [0.25, 0.3) is 0 Å². The summed E-state index contributed by atoms with van der Waals surface area (Å²) in [6.07, 6.45) is 2.86. The maximum absolute atomic E-state index is 14.1. The molecule has 0 radical (unpaired) electrons. The number of carbonyl (C=O) groups is 4. The van der Waals surface area contributed by atoms with Gasteiger partial charge in [-0.1, -0.05) is 68.2 Å². The number of halogens is 2. The molecule has 2 unspecified atom stereocenters. The first-order chi connectivity index (χ1) is 35.0. The van der Waals surface area contributed by atoms with E-state index in [9.17, 15) is 29.5 Å². The number of amides is 4. The van der Waals surface area contributed by atoms with Crippen molar-refractivity contribution in [1.82, 2.24) is 35.3 Å². The lowest BCUT2D eigenvalue weighted by molar-refractivity contribution is -0.144. The van der Waals surface area contributed by atoms with Crippen LogP contribution in [0.3, 0.4) is 0 Å². The average Bonchev–Trinajstić information content (AvgIpc) is 4.00. The van der Waals surface area contributed by atoms with Gasteiger partial charge in [0.1, 0.15) is 23.9 Å². The highest BCUT2D eigenvalue weighted by atomic mass is 35.5. The van der Waals surface area contributed by atoms with Crippen LogP contribution in [0.1, 0.15) is 76.1 Å². The zero-order chi connectivity index (χ0) is 52.4. The van der Waals surface area contributed by atoms with Crippen molar-refractivity contribution >= 4 is 80.4 Å². The molecule has 4 amide bonds. The minimum Gasteiger partial charge on any atom is -0.495 e. The number of ether oxygens (including phenoxy) is 3. The van der Waals surface area contributed by atoms with E-state index < -0.39 is 29.5 Å². The lowest BCUT2D eigenvalue weighted by Crippen LogP contribution is -2.57. The number of pyridine rings is 1. The molecule has 2 aromatic heterocycles. The number of hydrogen-bond acceptors (Lipinski definition) is 14. The number of aliphatic hydroxyl groups is 1. The molecule has 388 valence electrons. The van der Waals surface area contributed by atoms with Gasteiger partial charge < -0.3 is 45.1 Å². The quantitative estimate of drug-likeness (QED) is 0.0547. The summed E-state index contributed by atoms with van der Waals surface area (Å²) in [7, 11) is 3.05. The number of unbranched alkanes of at least 4 members (excludes halogenated alkanes) is 1. The van der Waals surface area contributed by atoms with Crippen LogP contribution in [0, 0.1) is 23.7 Å². The third kappa shape index (κ3) is 13.7. The van der Waals surface area contributed by atoms with E-state index in [1.807, 2.05) is 62.4 Å². The van der Waals surface area contributed by atoms with Crippen molar-refractivity contribution in [1.29, 1.82) is 5.26 Å². The molecule has 2 fully saturated rings. The fraction of sp³-hybridized carbons (Fsp3) is 0.453. The van der Waals surface area contributed by atoms with Crippen molar-refractivity contribution in [2.45, 2.75) is 91.0 Å². The number of nitrogens with one attached hydrogen (secondary N) is 3. The number of thiazole rings is 1. The zero-order valence-electron chi connectivity index (χ0n) is 42.1. The Balaban J connectivity index is 0.821. The number of β-amino-alcohol motifs (C(OH)–C–C–N with tert-alkyl or cyclic N) is 1. The Morgan fingerprint density at radius 1 is 0.932 bits per heavy atom. The number of aromatic nitrogens is 2. The van der Waals surface area contributed by atoms with Crippen LogP contribution < -0.4 is 30.2 Å². The van der Waals surface area contributed by atoms with Gasteiger partial charge in [0.05, 0.1) is 75.5 Å². The molecule has 4 heterocycles. The topological polar surface area (TPSA) is 212 Å². The number of aliphatic hydroxyl groups excluding tert-OH is 1. The number of rotatable bonds is 20. The summed E-state index contributed by atoms with van der Waals surface area (Å²) in [6.45, 7) is 11.6. The summed E-state index contributed by atoms with van der Waals surface area (Å²) in [6, 6.07) is 15.0. The Morgan fingerprint density at radius 2 is 1.66 bits per heavy atom. The van der Waals surface area contributed by atoms with E-state index in [4.69, 9.17) is 37.4 Å². The molecule has 0 saturated carbocycles. The Labute approximate surface area is 440 Å². The highest BCUT2D eigenvalue weighted by molar-refractivity contribution is 7.13. The van der Waals surface area contributed by atoms with Gasteiger partial charge in [-0.15, -0.1) is 11.3 Å². The third-order valence-electron chi connectivity index (χ3n) is 13.1. The van der Waals surface area contributed by atoms with E-state index in [-0.39, 0.29) is 43.7 Å². The molecule has 2 aliphatic heterocycles. The largest absolute Gasteiger partial charge is 0.495 e. The summed E-state index contributed by atoms with van der Waals surface area (Å²) >= 11 is 14.3. The fourth-order valence-corrected chi connectivity index (χ4v) is 10.4. The number of nitrogens with zero attached hydrogens (tertiary/aromatic N) is 6. The molecule has 7 rings (SSSR count). The number of fused-ring (bicyclic) bond motifs is 1. The minimum absolute atomic E-state index is 0.0127. The number of likely N-dealkylation sites (tertiary alicyclic amines) is 1. The van der Waals surface area contributed by atoms with Crippen LogP contribution in [-0.4, -0.2) is 132 Å². The Bertz CT molecular complexity index is 2830. The van der Waals surface area contributed by atoms with Gasteiger partial charge in [-0.25, -0.2) is 4.98 Å². The van der Waals surface area contributed by atoms with Crippen LogP contribution >= 0.6 is 34.5 Å². The molecular formula is C53H63Cl2N9O8S. The maximum atomic E-state index is 14.1. The lowest BCUT2D eigenvalue weighted by atomic mass is 9.85. The zero-order valence-corrected chi connectivity index (χ0v) is 44.4.